The van der Waals surface area contributed by atoms with E-state index in [-0.39, 0.29) is 30.1 Å². The van der Waals surface area contributed by atoms with Crippen LogP contribution >= 0.6 is 12.4 Å². The Morgan fingerprint density at radius 1 is 1.04 bits per heavy atom. The summed E-state index contributed by atoms with van der Waals surface area (Å²) in [7, 11) is -3.34. The van der Waals surface area contributed by atoms with Gasteiger partial charge in [0.1, 0.15) is 0 Å². The molecule has 3 fully saturated rings. The summed E-state index contributed by atoms with van der Waals surface area (Å²) >= 11 is 0. The lowest BCUT2D eigenvalue weighted by atomic mass is 9.85. The fourth-order valence-corrected chi connectivity index (χ4v) is 6.31. The van der Waals surface area contributed by atoms with Gasteiger partial charge in [-0.05, 0) is 30.7 Å². The molecule has 2 aliphatic heterocycles. The minimum absolute atomic E-state index is 0. The summed E-state index contributed by atoms with van der Waals surface area (Å²) < 4.78 is 26.9. The van der Waals surface area contributed by atoms with Crippen molar-refractivity contribution in [1.29, 1.82) is 0 Å². The Balaban J connectivity index is 0.00000225. The van der Waals surface area contributed by atoms with E-state index in [2.05, 4.69) is 5.32 Å². The van der Waals surface area contributed by atoms with Crippen molar-refractivity contribution in [2.24, 2.45) is 5.92 Å². The van der Waals surface area contributed by atoms with Gasteiger partial charge >= 0.3 is 0 Å². The lowest BCUT2D eigenvalue weighted by molar-refractivity contribution is -0.134. The van der Waals surface area contributed by atoms with Gasteiger partial charge in [-0.3, -0.25) is 4.79 Å². The second kappa shape index (κ2) is 9.11. The van der Waals surface area contributed by atoms with E-state index in [4.69, 9.17) is 0 Å². The molecule has 156 valence electrons. The van der Waals surface area contributed by atoms with Crippen LogP contribution in [-0.4, -0.2) is 61.8 Å². The first-order valence-corrected chi connectivity index (χ1v) is 11.7. The smallest absolute Gasteiger partial charge is 0.239 e. The van der Waals surface area contributed by atoms with Crippen LogP contribution < -0.4 is 5.32 Å². The Bertz CT molecular complexity index is 752. The van der Waals surface area contributed by atoms with Gasteiger partial charge in [-0.25, -0.2) is 8.42 Å². The van der Waals surface area contributed by atoms with Gasteiger partial charge in [-0.15, -0.1) is 12.4 Å². The molecule has 3 unspecified atom stereocenters. The molecule has 28 heavy (non-hydrogen) atoms. The third kappa shape index (κ3) is 4.70. The fraction of sp³-hybridized carbons (Fsp3) is 0.650. The SMILES string of the molecule is Cl.O=C(C1CC2CCCCC2N1)N1CCN(S(=O)(=O)Cc2ccccc2)CC1. The number of amides is 1. The van der Waals surface area contributed by atoms with Crippen molar-refractivity contribution in [3.63, 3.8) is 0 Å². The number of nitrogens with zero attached hydrogens (tertiary/aromatic N) is 2. The van der Waals surface area contributed by atoms with Crippen LogP contribution in [-0.2, 0) is 20.6 Å². The van der Waals surface area contributed by atoms with E-state index in [1.54, 1.807) is 0 Å². The van der Waals surface area contributed by atoms with Gasteiger partial charge in [0.15, 0.2) is 0 Å². The zero-order valence-electron chi connectivity index (χ0n) is 16.1. The van der Waals surface area contributed by atoms with Crippen LogP contribution in [0, 0.1) is 5.92 Å². The van der Waals surface area contributed by atoms with Gasteiger partial charge < -0.3 is 10.2 Å². The highest BCUT2D eigenvalue weighted by Gasteiger charge is 2.40. The summed E-state index contributed by atoms with van der Waals surface area (Å²) in [5.41, 5.74) is 0.800. The number of nitrogens with one attached hydrogen (secondary N) is 1. The summed E-state index contributed by atoms with van der Waals surface area (Å²) in [6.07, 6.45) is 5.89. The van der Waals surface area contributed by atoms with Crippen LogP contribution in [0.1, 0.15) is 37.7 Å². The highest BCUT2D eigenvalue weighted by Crippen LogP contribution is 2.33. The minimum Gasteiger partial charge on any atom is -0.339 e. The zero-order chi connectivity index (χ0) is 18.9. The van der Waals surface area contributed by atoms with E-state index in [1.807, 2.05) is 35.2 Å². The number of carbonyl (C=O) groups is 1. The maximum absolute atomic E-state index is 12.9. The molecule has 1 aliphatic carbocycles. The summed E-state index contributed by atoms with van der Waals surface area (Å²) in [6, 6.07) is 9.69. The Morgan fingerprint density at radius 2 is 1.71 bits per heavy atom. The van der Waals surface area contributed by atoms with Gasteiger partial charge in [0.05, 0.1) is 11.8 Å². The predicted octanol–water partition coefficient (Wildman–Crippen LogP) is 2.00. The third-order valence-corrected chi connectivity index (χ3v) is 8.15. The van der Waals surface area contributed by atoms with E-state index < -0.39 is 10.0 Å². The molecule has 4 rings (SSSR count). The van der Waals surface area contributed by atoms with Crippen LogP contribution in [0.25, 0.3) is 0 Å². The third-order valence-electron chi connectivity index (χ3n) is 6.30. The van der Waals surface area contributed by atoms with Crippen molar-refractivity contribution in [3.05, 3.63) is 35.9 Å². The first kappa shape index (κ1) is 21.6. The molecular formula is C20H30ClN3O3S. The molecule has 0 spiro atoms. The van der Waals surface area contributed by atoms with Crippen LogP contribution in [0.3, 0.4) is 0 Å². The number of carbonyl (C=O) groups excluding carboxylic acids is 1. The summed E-state index contributed by atoms with van der Waals surface area (Å²) in [4.78, 5) is 14.7. The maximum Gasteiger partial charge on any atom is 0.239 e. The molecule has 8 heteroatoms. The molecule has 1 saturated carbocycles. The van der Waals surface area contributed by atoms with Gasteiger partial charge in [-0.1, -0.05) is 43.2 Å². The summed E-state index contributed by atoms with van der Waals surface area (Å²) in [6.45, 7) is 1.75. The first-order valence-electron chi connectivity index (χ1n) is 10.1. The Kier molecular flexibility index (Phi) is 7.02. The van der Waals surface area contributed by atoms with E-state index >= 15 is 0 Å². The number of halogens is 1. The number of rotatable bonds is 4. The molecule has 2 heterocycles. The predicted molar refractivity (Wildman–Crippen MR) is 112 cm³/mol. The molecule has 0 radical (unpaired) electrons. The largest absolute Gasteiger partial charge is 0.339 e. The topological polar surface area (TPSA) is 69.7 Å². The van der Waals surface area contributed by atoms with Crippen molar-refractivity contribution >= 4 is 28.3 Å². The average Bonchev–Trinajstić information content (AvgIpc) is 3.12. The van der Waals surface area contributed by atoms with Crippen molar-refractivity contribution in [2.75, 3.05) is 26.2 Å². The number of benzene rings is 1. The van der Waals surface area contributed by atoms with Crippen LogP contribution in [0.2, 0.25) is 0 Å². The van der Waals surface area contributed by atoms with Gasteiger partial charge in [0, 0.05) is 32.2 Å². The maximum atomic E-state index is 12.9. The van der Waals surface area contributed by atoms with E-state index in [0.717, 1.165) is 12.0 Å². The van der Waals surface area contributed by atoms with Crippen molar-refractivity contribution in [3.8, 4) is 0 Å². The second-order valence-corrected chi connectivity index (χ2v) is 10.0. The lowest BCUT2D eigenvalue weighted by Crippen LogP contribution is -2.54. The molecule has 1 aromatic carbocycles. The van der Waals surface area contributed by atoms with Gasteiger partial charge in [0.2, 0.25) is 15.9 Å². The molecule has 2 saturated heterocycles. The second-order valence-electron chi connectivity index (χ2n) is 8.07. The molecule has 3 aliphatic rings. The molecule has 0 bridgehead atoms. The van der Waals surface area contributed by atoms with E-state index in [9.17, 15) is 13.2 Å². The highest BCUT2D eigenvalue weighted by atomic mass is 35.5. The van der Waals surface area contributed by atoms with Crippen LogP contribution in [0.4, 0.5) is 0 Å². The Labute approximate surface area is 174 Å². The summed E-state index contributed by atoms with van der Waals surface area (Å²) in [5.74, 6) is 0.819. The van der Waals surface area contributed by atoms with Crippen molar-refractivity contribution in [1.82, 2.24) is 14.5 Å². The lowest BCUT2D eigenvalue weighted by Gasteiger charge is -2.35. The zero-order valence-corrected chi connectivity index (χ0v) is 17.8. The van der Waals surface area contributed by atoms with Gasteiger partial charge in [0.25, 0.3) is 0 Å². The van der Waals surface area contributed by atoms with E-state index in [1.165, 1.54) is 30.0 Å². The molecule has 1 amide bonds. The molecular weight excluding hydrogens is 398 g/mol. The van der Waals surface area contributed by atoms with Crippen molar-refractivity contribution < 1.29 is 13.2 Å². The number of piperazine rings is 1. The average molecular weight is 428 g/mol. The molecule has 3 atom stereocenters. The number of hydrogen-bond donors (Lipinski definition) is 1. The quantitative estimate of drug-likeness (QED) is 0.797. The molecule has 0 aromatic heterocycles. The monoisotopic (exact) mass is 427 g/mol. The van der Waals surface area contributed by atoms with Crippen LogP contribution in [0.5, 0.6) is 0 Å². The standard InChI is InChI=1S/C20H29N3O3S.ClH/c24-20(19-14-17-8-4-5-9-18(17)21-19)22-10-12-23(13-11-22)27(25,26)15-16-6-2-1-3-7-16;/h1-3,6-7,17-19,21H,4-5,8-15H2;1H. The molecule has 1 aromatic rings. The van der Waals surface area contributed by atoms with E-state index in [0.29, 0.717) is 38.1 Å². The molecule has 6 nitrogen and oxygen atoms in total. The fourth-order valence-electron chi connectivity index (χ4n) is 4.79. The Morgan fingerprint density at radius 3 is 2.39 bits per heavy atom. The van der Waals surface area contributed by atoms with Crippen LogP contribution in [0.15, 0.2) is 30.3 Å². The number of hydrogen-bond acceptors (Lipinski definition) is 4. The Hall–Kier alpha value is -1.15. The number of fused-ring (bicyclic) bond motifs is 1. The molecule has 1 N–H and O–H groups in total. The normalized spacial score (nSPS) is 28.4. The van der Waals surface area contributed by atoms with Crippen molar-refractivity contribution in [2.45, 2.75) is 49.9 Å². The minimum atomic E-state index is -3.34. The summed E-state index contributed by atoms with van der Waals surface area (Å²) in [5, 5.41) is 3.54. The highest BCUT2D eigenvalue weighted by molar-refractivity contribution is 7.88. The number of sulfonamides is 1. The first-order chi connectivity index (χ1) is 13.0. The van der Waals surface area contributed by atoms with Gasteiger partial charge in [-0.2, -0.15) is 4.31 Å².